The molecule has 19 heavy (non-hydrogen) atoms. The van der Waals surface area contributed by atoms with E-state index in [0.29, 0.717) is 0 Å². The van der Waals surface area contributed by atoms with Crippen LogP contribution in [0.25, 0.3) is 0 Å². The number of nitrogens with zero attached hydrogens (tertiary/aromatic N) is 1. The summed E-state index contributed by atoms with van der Waals surface area (Å²) in [6.07, 6.45) is 3.76. The van der Waals surface area contributed by atoms with Crippen molar-refractivity contribution in [3.05, 3.63) is 20.8 Å². The molecule has 2 rings (SSSR count). The first kappa shape index (κ1) is 15.5. The normalized spacial score (nSPS) is 31.9. The number of hydrogen-bond acceptors (Lipinski definition) is 3. The van der Waals surface area contributed by atoms with Crippen LogP contribution in [-0.4, -0.2) is 24.0 Å². The van der Waals surface area contributed by atoms with Crippen LogP contribution in [0.4, 0.5) is 0 Å². The zero-order valence-corrected chi connectivity index (χ0v) is 14.6. The van der Waals surface area contributed by atoms with Crippen LogP contribution in [0.15, 0.2) is 15.2 Å². The van der Waals surface area contributed by atoms with Crippen molar-refractivity contribution in [2.45, 2.75) is 45.2 Å². The standard InChI is InChI=1S/C15H25BrN2S/c1-11-4-5-15(10-17,7-12(11)2)18(3)8-13-6-14(16)19-9-13/h6,9,11-12H,4-5,7-8,10,17H2,1-3H3. The van der Waals surface area contributed by atoms with Gasteiger partial charge in [-0.05, 0) is 71.1 Å². The van der Waals surface area contributed by atoms with E-state index >= 15 is 0 Å². The molecule has 0 spiro atoms. The van der Waals surface area contributed by atoms with Crippen molar-refractivity contribution < 1.29 is 0 Å². The van der Waals surface area contributed by atoms with Crippen molar-refractivity contribution in [1.29, 1.82) is 0 Å². The SMILES string of the molecule is CC1CCC(CN)(N(C)Cc2csc(Br)c2)CC1C. The molecule has 0 saturated heterocycles. The maximum atomic E-state index is 6.16. The van der Waals surface area contributed by atoms with E-state index in [-0.39, 0.29) is 5.54 Å². The first-order valence-corrected chi connectivity index (χ1v) is 8.78. The van der Waals surface area contributed by atoms with Crippen molar-refractivity contribution in [2.75, 3.05) is 13.6 Å². The van der Waals surface area contributed by atoms with Crippen LogP contribution in [0.2, 0.25) is 0 Å². The summed E-state index contributed by atoms with van der Waals surface area (Å²) in [7, 11) is 2.24. The molecule has 0 radical (unpaired) electrons. The molecule has 4 heteroatoms. The summed E-state index contributed by atoms with van der Waals surface area (Å²) in [6, 6.07) is 2.22. The largest absolute Gasteiger partial charge is 0.329 e. The summed E-state index contributed by atoms with van der Waals surface area (Å²) >= 11 is 5.30. The fourth-order valence-corrected chi connectivity index (χ4v) is 4.44. The Kier molecular flexibility index (Phi) is 5.09. The highest BCUT2D eigenvalue weighted by molar-refractivity contribution is 9.11. The van der Waals surface area contributed by atoms with Crippen LogP contribution in [0, 0.1) is 11.8 Å². The minimum atomic E-state index is 0.195. The molecule has 0 aliphatic heterocycles. The lowest BCUT2D eigenvalue weighted by atomic mass is 9.70. The van der Waals surface area contributed by atoms with Crippen LogP contribution in [0.5, 0.6) is 0 Å². The summed E-state index contributed by atoms with van der Waals surface area (Å²) in [6.45, 7) is 6.52. The van der Waals surface area contributed by atoms with E-state index in [1.54, 1.807) is 11.3 Å². The van der Waals surface area contributed by atoms with Crippen molar-refractivity contribution >= 4 is 27.3 Å². The molecule has 0 aromatic carbocycles. The predicted octanol–water partition coefficient (Wildman–Crippen LogP) is 4.10. The van der Waals surface area contributed by atoms with Gasteiger partial charge in [0.1, 0.15) is 0 Å². The van der Waals surface area contributed by atoms with Crippen molar-refractivity contribution in [2.24, 2.45) is 17.6 Å². The van der Waals surface area contributed by atoms with Crippen LogP contribution >= 0.6 is 27.3 Å². The van der Waals surface area contributed by atoms with E-state index in [1.807, 2.05) is 0 Å². The fourth-order valence-electron chi connectivity index (χ4n) is 3.24. The van der Waals surface area contributed by atoms with E-state index < -0.39 is 0 Å². The molecule has 1 aliphatic carbocycles. The molecular weight excluding hydrogens is 320 g/mol. The lowest BCUT2D eigenvalue weighted by molar-refractivity contribution is 0.0350. The summed E-state index contributed by atoms with van der Waals surface area (Å²) in [5.41, 5.74) is 7.74. The van der Waals surface area contributed by atoms with Gasteiger partial charge in [0.05, 0.1) is 3.79 Å². The van der Waals surface area contributed by atoms with Crippen molar-refractivity contribution in [1.82, 2.24) is 4.90 Å². The Balaban J connectivity index is 2.08. The molecule has 0 amide bonds. The number of thiophene rings is 1. The molecule has 1 fully saturated rings. The Morgan fingerprint density at radius 2 is 2.21 bits per heavy atom. The average Bonchev–Trinajstić information content (AvgIpc) is 2.78. The van der Waals surface area contributed by atoms with E-state index in [4.69, 9.17) is 5.73 Å². The number of rotatable bonds is 4. The van der Waals surface area contributed by atoms with Gasteiger partial charge < -0.3 is 5.73 Å². The van der Waals surface area contributed by atoms with Crippen molar-refractivity contribution in [3.63, 3.8) is 0 Å². The maximum Gasteiger partial charge on any atom is 0.0701 e. The Labute approximate surface area is 129 Å². The van der Waals surface area contributed by atoms with E-state index in [2.05, 4.69) is 53.2 Å². The average molecular weight is 345 g/mol. The van der Waals surface area contributed by atoms with Gasteiger partial charge in [-0.3, -0.25) is 4.90 Å². The highest BCUT2D eigenvalue weighted by Crippen LogP contribution is 2.39. The molecule has 3 unspecified atom stereocenters. The summed E-state index contributed by atoms with van der Waals surface area (Å²) in [4.78, 5) is 2.49. The third-order valence-corrected chi connectivity index (χ3v) is 6.52. The quantitative estimate of drug-likeness (QED) is 0.890. The molecule has 3 atom stereocenters. The zero-order chi connectivity index (χ0) is 14.0. The van der Waals surface area contributed by atoms with Crippen molar-refractivity contribution in [3.8, 4) is 0 Å². The van der Waals surface area contributed by atoms with Gasteiger partial charge in [-0.2, -0.15) is 0 Å². The smallest absolute Gasteiger partial charge is 0.0701 e. The number of halogens is 1. The lowest BCUT2D eigenvalue weighted by Crippen LogP contribution is -2.55. The van der Waals surface area contributed by atoms with E-state index in [0.717, 1.165) is 24.9 Å². The van der Waals surface area contributed by atoms with Gasteiger partial charge in [-0.15, -0.1) is 11.3 Å². The first-order chi connectivity index (χ1) is 8.97. The van der Waals surface area contributed by atoms with E-state index in [9.17, 15) is 0 Å². The molecule has 1 aliphatic rings. The number of hydrogen-bond donors (Lipinski definition) is 1. The molecule has 1 aromatic heterocycles. The second-order valence-electron chi connectivity index (χ2n) is 6.24. The summed E-state index contributed by atoms with van der Waals surface area (Å²) in [5.74, 6) is 1.61. The highest BCUT2D eigenvalue weighted by Gasteiger charge is 2.39. The molecule has 108 valence electrons. The first-order valence-electron chi connectivity index (χ1n) is 7.11. The third kappa shape index (κ3) is 3.41. The lowest BCUT2D eigenvalue weighted by Gasteiger charge is -2.48. The Morgan fingerprint density at radius 1 is 1.47 bits per heavy atom. The zero-order valence-electron chi connectivity index (χ0n) is 12.2. The minimum Gasteiger partial charge on any atom is -0.329 e. The molecule has 1 aromatic rings. The highest BCUT2D eigenvalue weighted by atomic mass is 79.9. The van der Waals surface area contributed by atoms with Crippen LogP contribution < -0.4 is 5.73 Å². The topological polar surface area (TPSA) is 29.3 Å². The Bertz CT molecular complexity index is 420. The Hall–Kier alpha value is 0.100. The Morgan fingerprint density at radius 3 is 2.74 bits per heavy atom. The second-order valence-corrected chi connectivity index (χ2v) is 8.53. The van der Waals surface area contributed by atoms with Gasteiger partial charge in [-0.25, -0.2) is 0 Å². The van der Waals surface area contributed by atoms with Crippen LogP contribution in [0.1, 0.15) is 38.7 Å². The van der Waals surface area contributed by atoms with Gasteiger partial charge in [0.15, 0.2) is 0 Å². The summed E-state index contributed by atoms with van der Waals surface area (Å²) < 4.78 is 1.21. The second kappa shape index (κ2) is 6.25. The van der Waals surface area contributed by atoms with Gasteiger partial charge in [0.25, 0.3) is 0 Å². The summed E-state index contributed by atoms with van der Waals surface area (Å²) in [5, 5.41) is 2.24. The van der Waals surface area contributed by atoms with Gasteiger partial charge in [-0.1, -0.05) is 13.8 Å². The van der Waals surface area contributed by atoms with Gasteiger partial charge >= 0.3 is 0 Å². The number of nitrogens with two attached hydrogens (primary N) is 1. The predicted molar refractivity (Wildman–Crippen MR) is 87.5 cm³/mol. The molecule has 2 N–H and O–H groups in total. The number of likely N-dealkylation sites (N-methyl/N-ethyl adjacent to an activating group) is 1. The van der Waals surface area contributed by atoms with Gasteiger partial charge in [0.2, 0.25) is 0 Å². The maximum absolute atomic E-state index is 6.16. The third-order valence-electron chi connectivity index (χ3n) is 4.97. The molecule has 1 heterocycles. The molecule has 0 bridgehead atoms. The van der Waals surface area contributed by atoms with Gasteiger partial charge in [0, 0.05) is 18.6 Å². The molecule has 1 saturated carbocycles. The molecule has 2 nitrogen and oxygen atoms in total. The molecular formula is C15H25BrN2S. The van der Waals surface area contributed by atoms with E-state index in [1.165, 1.54) is 28.6 Å². The van der Waals surface area contributed by atoms with Crippen LogP contribution in [0.3, 0.4) is 0 Å². The monoisotopic (exact) mass is 344 g/mol. The fraction of sp³-hybridized carbons (Fsp3) is 0.733. The minimum absolute atomic E-state index is 0.195. The van der Waals surface area contributed by atoms with Crippen LogP contribution in [-0.2, 0) is 6.54 Å².